The lowest BCUT2D eigenvalue weighted by Crippen LogP contribution is -2.57. The molecule has 17 heavy (non-hydrogen) atoms. The molecule has 0 aromatic carbocycles. The van der Waals surface area contributed by atoms with Gasteiger partial charge in [0, 0.05) is 12.1 Å². The fraction of sp³-hybridized carbons (Fsp3) is 1.00. The van der Waals surface area contributed by atoms with Crippen LogP contribution < -0.4 is 5.73 Å². The number of hydrogen-bond donors (Lipinski definition) is 1. The van der Waals surface area contributed by atoms with Crippen LogP contribution in [0.3, 0.4) is 0 Å². The molecule has 1 fully saturated rings. The molecule has 0 amide bonds. The van der Waals surface area contributed by atoms with Gasteiger partial charge in [-0.05, 0) is 50.6 Å². The normalized spacial score (nSPS) is 34.2. The summed E-state index contributed by atoms with van der Waals surface area (Å²) in [4.78, 5) is 2.67. The molecule has 0 saturated heterocycles. The van der Waals surface area contributed by atoms with Crippen molar-refractivity contribution in [1.29, 1.82) is 0 Å². The molecule has 0 aromatic rings. The van der Waals surface area contributed by atoms with E-state index in [2.05, 4.69) is 32.6 Å². The van der Waals surface area contributed by atoms with Crippen molar-refractivity contribution in [2.45, 2.75) is 65.3 Å². The highest BCUT2D eigenvalue weighted by atomic mass is 15.2. The molecular weight excluding hydrogens is 208 g/mol. The van der Waals surface area contributed by atoms with Crippen molar-refractivity contribution in [1.82, 2.24) is 4.90 Å². The smallest absolute Gasteiger partial charge is 0.0336 e. The van der Waals surface area contributed by atoms with Crippen molar-refractivity contribution in [2.24, 2.45) is 17.6 Å². The first-order valence-electron chi connectivity index (χ1n) is 7.53. The topological polar surface area (TPSA) is 29.3 Å². The minimum atomic E-state index is 0.293. The molecule has 2 atom stereocenters. The van der Waals surface area contributed by atoms with E-state index in [1.807, 2.05) is 0 Å². The summed E-state index contributed by atoms with van der Waals surface area (Å²) in [5.41, 5.74) is 6.46. The lowest BCUT2D eigenvalue weighted by molar-refractivity contribution is 0.0221. The monoisotopic (exact) mass is 240 g/mol. The van der Waals surface area contributed by atoms with Crippen LogP contribution in [-0.4, -0.2) is 30.1 Å². The van der Waals surface area contributed by atoms with Gasteiger partial charge in [0.1, 0.15) is 0 Å². The van der Waals surface area contributed by atoms with E-state index in [0.29, 0.717) is 5.54 Å². The van der Waals surface area contributed by atoms with Crippen LogP contribution in [0.2, 0.25) is 0 Å². The predicted octanol–water partition coefficient (Wildman–Crippen LogP) is 3.26. The maximum atomic E-state index is 6.17. The summed E-state index contributed by atoms with van der Waals surface area (Å²) >= 11 is 0. The first-order chi connectivity index (χ1) is 8.07. The van der Waals surface area contributed by atoms with Crippen LogP contribution in [0.1, 0.15) is 59.8 Å². The average Bonchev–Trinajstić information content (AvgIpc) is 2.28. The molecule has 2 nitrogen and oxygen atoms in total. The number of rotatable bonds is 6. The third-order valence-electron chi connectivity index (χ3n) is 4.48. The van der Waals surface area contributed by atoms with Crippen LogP contribution in [-0.2, 0) is 0 Å². The summed E-state index contributed by atoms with van der Waals surface area (Å²) in [6, 6.07) is 0. The highest BCUT2D eigenvalue weighted by molar-refractivity contribution is 4.97. The molecule has 2 N–H and O–H groups in total. The van der Waals surface area contributed by atoms with Gasteiger partial charge >= 0.3 is 0 Å². The van der Waals surface area contributed by atoms with E-state index in [1.165, 1.54) is 38.6 Å². The summed E-state index contributed by atoms with van der Waals surface area (Å²) in [6.07, 6.45) is 6.56. The molecule has 1 saturated carbocycles. The van der Waals surface area contributed by atoms with Gasteiger partial charge in [0.05, 0.1) is 0 Å². The Hall–Kier alpha value is -0.0800. The molecule has 102 valence electrons. The maximum Gasteiger partial charge on any atom is 0.0336 e. The van der Waals surface area contributed by atoms with Gasteiger partial charge < -0.3 is 5.73 Å². The Morgan fingerprint density at radius 1 is 1.18 bits per heavy atom. The summed E-state index contributed by atoms with van der Waals surface area (Å²) in [5.74, 6) is 1.66. The third kappa shape index (κ3) is 3.69. The van der Waals surface area contributed by atoms with E-state index in [-0.39, 0.29) is 0 Å². The largest absolute Gasteiger partial charge is 0.329 e. The second-order valence-corrected chi connectivity index (χ2v) is 6.22. The third-order valence-corrected chi connectivity index (χ3v) is 4.48. The SMILES string of the molecule is CCCCN(CC)C1(CN)CC(C)CC(C)C1. The van der Waals surface area contributed by atoms with Crippen molar-refractivity contribution in [2.75, 3.05) is 19.6 Å². The fourth-order valence-electron chi connectivity index (χ4n) is 3.87. The maximum absolute atomic E-state index is 6.17. The highest BCUT2D eigenvalue weighted by Gasteiger charge is 2.40. The molecule has 2 heteroatoms. The number of nitrogens with zero attached hydrogens (tertiary/aromatic N) is 1. The number of unbranched alkanes of at least 4 members (excludes halogenated alkanes) is 1. The molecule has 0 spiro atoms. The van der Waals surface area contributed by atoms with Crippen molar-refractivity contribution in [3.63, 3.8) is 0 Å². The number of nitrogens with two attached hydrogens (primary N) is 1. The quantitative estimate of drug-likeness (QED) is 0.772. The van der Waals surface area contributed by atoms with E-state index in [1.54, 1.807) is 0 Å². The lowest BCUT2D eigenvalue weighted by atomic mass is 9.70. The number of likely N-dealkylation sites (N-methyl/N-ethyl adjacent to an activating group) is 1. The first-order valence-corrected chi connectivity index (χ1v) is 7.53. The van der Waals surface area contributed by atoms with Gasteiger partial charge in [-0.1, -0.05) is 34.1 Å². The summed E-state index contributed by atoms with van der Waals surface area (Å²) in [6.45, 7) is 12.6. The zero-order chi connectivity index (χ0) is 12.9. The van der Waals surface area contributed by atoms with Crippen LogP contribution in [0.25, 0.3) is 0 Å². The van der Waals surface area contributed by atoms with Crippen molar-refractivity contribution < 1.29 is 0 Å². The Balaban J connectivity index is 2.76. The van der Waals surface area contributed by atoms with E-state index < -0.39 is 0 Å². The van der Waals surface area contributed by atoms with E-state index in [9.17, 15) is 0 Å². The Morgan fingerprint density at radius 2 is 1.76 bits per heavy atom. The minimum absolute atomic E-state index is 0.293. The molecule has 0 aromatic heterocycles. The Bertz CT molecular complexity index is 205. The standard InChI is InChI=1S/C15H32N2/c1-5-7-8-17(6-2)15(12-16)10-13(3)9-14(4)11-15/h13-14H,5-12,16H2,1-4H3. The molecular formula is C15H32N2. The lowest BCUT2D eigenvalue weighted by Gasteiger charge is -2.49. The average molecular weight is 240 g/mol. The molecule has 1 aliphatic rings. The minimum Gasteiger partial charge on any atom is -0.329 e. The Morgan fingerprint density at radius 3 is 2.18 bits per heavy atom. The predicted molar refractivity (Wildman–Crippen MR) is 76.1 cm³/mol. The van der Waals surface area contributed by atoms with Crippen molar-refractivity contribution in [3.05, 3.63) is 0 Å². The summed E-state index contributed by atoms with van der Waals surface area (Å²) in [7, 11) is 0. The van der Waals surface area contributed by atoms with Crippen LogP contribution in [0.4, 0.5) is 0 Å². The molecule has 1 rings (SSSR count). The van der Waals surface area contributed by atoms with Gasteiger partial charge in [0.25, 0.3) is 0 Å². The molecule has 0 heterocycles. The second kappa shape index (κ2) is 6.75. The van der Waals surface area contributed by atoms with Gasteiger partial charge in [0.2, 0.25) is 0 Å². The van der Waals surface area contributed by atoms with E-state index >= 15 is 0 Å². The second-order valence-electron chi connectivity index (χ2n) is 6.22. The van der Waals surface area contributed by atoms with E-state index in [0.717, 1.165) is 24.9 Å². The Kier molecular flexibility index (Phi) is 5.94. The molecule has 0 bridgehead atoms. The van der Waals surface area contributed by atoms with E-state index in [4.69, 9.17) is 5.73 Å². The van der Waals surface area contributed by atoms with Gasteiger partial charge in [-0.15, -0.1) is 0 Å². The molecule has 0 aliphatic heterocycles. The van der Waals surface area contributed by atoms with Gasteiger partial charge in [-0.25, -0.2) is 0 Å². The fourth-order valence-corrected chi connectivity index (χ4v) is 3.87. The van der Waals surface area contributed by atoms with Crippen molar-refractivity contribution >= 4 is 0 Å². The van der Waals surface area contributed by atoms with Crippen LogP contribution in [0, 0.1) is 11.8 Å². The van der Waals surface area contributed by atoms with Crippen LogP contribution >= 0.6 is 0 Å². The van der Waals surface area contributed by atoms with Crippen molar-refractivity contribution in [3.8, 4) is 0 Å². The number of hydrogen-bond acceptors (Lipinski definition) is 2. The van der Waals surface area contributed by atoms with Crippen LogP contribution in [0.15, 0.2) is 0 Å². The zero-order valence-electron chi connectivity index (χ0n) is 12.3. The first kappa shape index (κ1) is 15.0. The Labute approximate surface area is 108 Å². The molecule has 2 unspecified atom stereocenters. The van der Waals surface area contributed by atoms with Gasteiger partial charge in [0.15, 0.2) is 0 Å². The molecule has 0 radical (unpaired) electrons. The van der Waals surface area contributed by atoms with Crippen LogP contribution in [0.5, 0.6) is 0 Å². The van der Waals surface area contributed by atoms with Gasteiger partial charge in [-0.2, -0.15) is 0 Å². The highest BCUT2D eigenvalue weighted by Crippen LogP contribution is 2.39. The summed E-state index contributed by atoms with van der Waals surface area (Å²) in [5, 5.41) is 0. The zero-order valence-corrected chi connectivity index (χ0v) is 12.3. The van der Waals surface area contributed by atoms with Gasteiger partial charge in [-0.3, -0.25) is 4.90 Å². The summed E-state index contributed by atoms with van der Waals surface area (Å²) < 4.78 is 0. The molecule has 1 aliphatic carbocycles.